The predicted octanol–water partition coefficient (Wildman–Crippen LogP) is 2.21. The highest BCUT2D eigenvalue weighted by Gasteiger charge is 2.34. The van der Waals surface area contributed by atoms with Gasteiger partial charge in [0.2, 0.25) is 0 Å². The van der Waals surface area contributed by atoms with Crippen LogP contribution in [0.3, 0.4) is 0 Å². The summed E-state index contributed by atoms with van der Waals surface area (Å²) >= 11 is 4.98. The van der Waals surface area contributed by atoms with Crippen molar-refractivity contribution in [1.29, 1.82) is 0 Å². The van der Waals surface area contributed by atoms with Gasteiger partial charge in [-0.3, -0.25) is 4.79 Å². The Hall–Kier alpha value is -1.46. The first-order valence-corrected chi connectivity index (χ1v) is 7.65. The van der Waals surface area contributed by atoms with Crippen molar-refractivity contribution in [2.45, 2.75) is 25.8 Å². The molecule has 1 aliphatic rings. The standard InChI is InChI=1S/C16H22N2O2S/c1-11(12-6-7-12)18(8-9-20-2)16(19)14-5-3-4-13(10-14)15(17)21/h3-5,10-12H,6-9H2,1-2H3,(H2,17,21). The van der Waals surface area contributed by atoms with Crippen molar-refractivity contribution in [2.75, 3.05) is 20.3 Å². The Kier molecular flexibility index (Phi) is 5.31. The van der Waals surface area contributed by atoms with Gasteiger partial charge in [-0.2, -0.15) is 0 Å². The highest BCUT2D eigenvalue weighted by atomic mass is 32.1. The fourth-order valence-electron chi connectivity index (χ4n) is 2.48. The van der Waals surface area contributed by atoms with Crippen LogP contribution in [0.4, 0.5) is 0 Å². The second-order valence-corrected chi connectivity index (χ2v) is 5.95. The van der Waals surface area contributed by atoms with E-state index in [1.807, 2.05) is 23.1 Å². The fraction of sp³-hybridized carbons (Fsp3) is 0.500. The van der Waals surface area contributed by atoms with Gasteiger partial charge in [0.1, 0.15) is 4.99 Å². The lowest BCUT2D eigenvalue weighted by molar-refractivity contribution is 0.0594. The number of thiocarbonyl (C=S) groups is 1. The number of methoxy groups -OCH3 is 1. The number of carbonyl (C=O) groups excluding carboxylic acids is 1. The molecule has 2 rings (SSSR count). The van der Waals surface area contributed by atoms with E-state index >= 15 is 0 Å². The average Bonchev–Trinajstić information content (AvgIpc) is 3.32. The van der Waals surface area contributed by atoms with E-state index in [0.717, 1.165) is 5.56 Å². The van der Waals surface area contributed by atoms with Crippen molar-refractivity contribution < 1.29 is 9.53 Å². The second-order valence-electron chi connectivity index (χ2n) is 5.51. The van der Waals surface area contributed by atoms with Crippen LogP contribution in [0.25, 0.3) is 0 Å². The number of benzene rings is 1. The van der Waals surface area contributed by atoms with E-state index in [9.17, 15) is 4.79 Å². The second kappa shape index (κ2) is 7.00. The van der Waals surface area contributed by atoms with E-state index < -0.39 is 0 Å². The topological polar surface area (TPSA) is 55.6 Å². The zero-order valence-electron chi connectivity index (χ0n) is 12.5. The van der Waals surface area contributed by atoms with Crippen molar-refractivity contribution in [3.8, 4) is 0 Å². The largest absolute Gasteiger partial charge is 0.389 e. The Morgan fingerprint density at radius 3 is 2.71 bits per heavy atom. The van der Waals surface area contributed by atoms with E-state index in [1.54, 1.807) is 13.2 Å². The Balaban J connectivity index is 2.19. The van der Waals surface area contributed by atoms with Gasteiger partial charge in [0.25, 0.3) is 5.91 Å². The maximum absolute atomic E-state index is 12.8. The van der Waals surface area contributed by atoms with Gasteiger partial charge in [0.05, 0.1) is 6.61 Å². The number of carbonyl (C=O) groups is 1. The zero-order valence-corrected chi connectivity index (χ0v) is 13.4. The van der Waals surface area contributed by atoms with Crippen molar-refractivity contribution in [2.24, 2.45) is 11.7 Å². The summed E-state index contributed by atoms with van der Waals surface area (Å²) in [4.78, 5) is 15.0. The van der Waals surface area contributed by atoms with E-state index in [1.165, 1.54) is 12.8 Å². The summed E-state index contributed by atoms with van der Waals surface area (Å²) in [5.74, 6) is 0.633. The smallest absolute Gasteiger partial charge is 0.254 e. The molecular weight excluding hydrogens is 284 g/mol. The molecule has 0 heterocycles. The van der Waals surface area contributed by atoms with Crippen LogP contribution in [-0.2, 0) is 4.74 Å². The van der Waals surface area contributed by atoms with Crippen LogP contribution in [0.2, 0.25) is 0 Å². The van der Waals surface area contributed by atoms with Crippen molar-refractivity contribution in [3.05, 3.63) is 35.4 Å². The molecule has 1 aromatic rings. The van der Waals surface area contributed by atoms with Gasteiger partial charge in [-0.1, -0.05) is 24.4 Å². The fourth-order valence-corrected chi connectivity index (χ4v) is 2.61. The molecule has 0 spiro atoms. The minimum Gasteiger partial charge on any atom is -0.389 e. The summed E-state index contributed by atoms with van der Waals surface area (Å²) in [5, 5.41) is 0. The van der Waals surface area contributed by atoms with Crippen LogP contribution in [0, 0.1) is 5.92 Å². The van der Waals surface area contributed by atoms with Gasteiger partial charge in [0.15, 0.2) is 0 Å². The van der Waals surface area contributed by atoms with Crippen LogP contribution < -0.4 is 5.73 Å². The lowest BCUT2D eigenvalue weighted by Crippen LogP contribution is -2.42. The Bertz CT molecular complexity index is 529. The molecular formula is C16H22N2O2S. The monoisotopic (exact) mass is 306 g/mol. The summed E-state index contributed by atoms with van der Waals surface area (Å²) in [6, 6.07) is 7.45. The lowest BCUT2D eigenvalue weighted by atomic mass is 10.1. The zero-order chi connectivity index (χ0) is 15.4. The van der Waals surface area contributed by atoms with Crippen molar-refractivity contribution in [3.63, 3.8) is 0 Å². The Morgan fingerprint density at radius 2 is 2.14 bits per heavy atom. The molecule has 0 radical (unpaired) electrons. The normalized spacial score (nSPS) is 15.5. The highest BCUT2D eigenvalue weighted by Crippen LogP contribution is 2.35. The maximum Gasteiger partial charge on any atom is 0.254 e. The number of hydrogen-bond donors (Lipinski definition) is 1. The number of amides is 1. The molecule has 1 fully saturated rings. The van der Waals surface area contributed by atoms with Crippen LogP contribution in [0.15, 0.2) is 24.3 Å². The van der Waals surface area contributed by atoms with Crippen molar-refractivity contribution in [1.82, 2.24) is 4.90 Å². The van der Waals surface area contributed by atoms with Crippen LogP contribution >= 0.6 is 12.2 Å². The van der Waals surface area contributed by atoms with E-state index in [0.29, 0.717) is 29.6 Å². The van der Waals surface area contributed by atoms with Gasteiger partial charge in [-0.15, -0.1) is 0 Å². The van der Waals surface area contributed by atoms with Gasteiger partial charge in [-0.25, -0.2) is 0 Å². The number of nitrogens with two attached hydrogens (primary N) is 1. The third kappa shape index (κ3) is 4.02. The highest BCUT2D eigenvalue weighted by molar-refractivity contribution is 7.80. The molecule has 5 heteroatoms. The first-order valence-electron chi connectivity index (χ1n) is 7.24. The molecule has 1 aromatic carbocycles. The SMILES string of the molecule is COCCN(C(=O)c1cccc(C(N)=S)c1)C(C)C1CC1. The summed E-state index contributed by atoms with van der Waals surface area (Å²) < 4.78 is 5.14. The van der Waals surface area contributed by atoms with E-state index in [4.69, 9.17) is 22.7 Å². The lowest BCUT2D eigenvalue weighted by Gasteiger charge is -2.29. The maximum atomic E-state index is 12.8. The average molecular weight is 306 g/mol. The molecule has 2 N–H and O–H groups in total. The van der Waals surface area contributed by atoms with Gasteiger partial charge in [0, 0.05) is 30.8 Å². The molecule has 1 aliphatic carbocycles. The minimum atomic E-state index is 0.0181. The summed E-state index contributed by atoms with van der Waals surface area (Å²) in [7, 11) is 1.65. The van der Waals surface area contributed by atoms with Crippen LogP contribution in [-0.4, -0.2) is 42.1 Å². The predicted molar refractivity (Wildman–Crippen MR) is 87.4 cm³/mol. The van der Waals surface area contributed by atoms with Crippen LogP contribution in [0.5, 0.6) is 0 Å². The Labute approximate surface area is 131 Å². The van der Waals surface area contributed by atoms with Crippen LogP contribution in [0.1, 0.15) is 35.7 Å². The molecule has 1 atom stereocenters. The first-order chi connectivity index (χ1) is 10.0. The van der Waals surface area contributed by atoms with E-state index in [-0.39, 0.29) is 11.9 Å². The third-order valence-corrected chi connectivity index (χ3v) is 4.22. The molecule has 114 valence electrons. The molecule has 0 bridgehead atoms. The summed E-state index contributed by atoms with van der Waals surface area (Å²) in [6.45, 7) is 3.25. The minimum absolute atomic E-state index is 0.0181. The quantitative estimate of drug-likeness (QED) is 0.785. The van der Waals surface area contributed by atoms with Gasteiger partial charge in [-0.05, 0) is 37.8 Å². The molecule has 0 saturated heterocycles. The molecule has 21 heavy (non-hydrogen) atoms. The molecule has 4 nitrogen and oxygen atoms in total. The molecule has 1 amide bonds. The first kappa shape index (κ1) is 15.9. The molecule has 1 saturated carbocycles. The number of ether oxygens (including phenoxy) is 1. The third-order valence-electron chi connectivity index (χ3n) is 3.99. The van der Waals surface area contributed by atoms with Crippen molar-refractivity contribution >= 4 is 23.1 Å². The molecule has 0 aromatic heterocycles. The molecule has 1 unspecified atom stereocenters. The van der Waals surface area contributed by atoms with Gasteiger partial charge < -0.3 is 15.4 Å². The van der Waals surface area contributed by atoms with Gasteiger partial charge >= 0.3 is 0 Å². The summed E-state index contributed by atoms with van der Waals surface area (Å²) in [5.41, 5.74) is 7.00. The number of rotatable bonds is 7. The Morgan fingerprint density at radius 1 is 1.48 bits per heavy atom. The number of nitrogens with zero attached hydrogens (tertiary/aromatic N) is 1. The summed E-state index contributed by atoms with van der Waals surface area (Å²) in [6.07, 6.45) is 2.40. The number of hydrogen-bond acceptors (Lipinski definition) is 3. The van der Waals surface area contributed by atoms with E-state index in [2.05, 4.69) is 6.92 Å². The molecule has 0 aliphatic heterocycles.